The van der Waals surface area contributed by atoms with Crippen molar-refractivity contribution in [3.8, 4) is 0 Å². The average Bonchev–Trinajstić information content (AvgIpc) is 2.88. The van der Waals surface area contributed by atoms with Crippen molar-refractivity contribution in [2.24, 2.45) is 29.6 Å². The summed E-state index contributed by atoms with van der Waals surface area (Å²) >= 11 is 0. The second-order valence-corrected chi connectivity index (χ2v) is 7.21. The number of alkyl carbamates (subject to hydrolysis) is 1. The number of esters is 1. The van der Waals surface area contributed by atoms with Crippen molar-refractivity contribution in [3.63, 3.8) is 0 Å². The Balaban J connectivity index is 0.00000109. The predicted octanol–water partition coefficient (Wildman–Crippen LogP) is 2.73. The van der Waals surface area contributed by atoms with Gasteiger partial charge in [0.05, 0.1) is 12.5 Å². The Morgan fingerprint density at radius 1 is 1.32 bits per heavy atom. The van der Waals surface area contributed by atoms with Crippen LogP contribution in [0.15, 0.2) is 0 Å². The predicted molar refractivity (Wildman–Crippen MR) is 93.9 cm³/mol. The van der Waals surface area contributed by atoms with Crippen LogP contribution in [0.5, 0.6) is 0 Å². The maximum atomic E-state index is 12.1. The molecule has 2 saturated carbocycles. The third-order valence-corrected chi connectivity index (χ3v) is 6.06. The lowest BCUT2D eigenvalue weighted by atomic mass is 9.57. The molecule has 2 aliphatic carbocycles. The van der Waals surface area contributed by atoms with Crippen LogP contribution in [0.1, 0.15) is 53.4 Å². The molecular formula is C19H33NO5. The second kappa shape index (κ2) is 8.88. The van der Waals surface area contributed by atoms with Crippen LogP contribution >= 0.6 is 0 Å². The summed E-state index contributed by atoms with van der Waals surface area (Å²) in [5, 5.41) is 12.8. The Kier molecular flexibility index (Phi) is 7.11. The maximum absolute atomic E-state index is 12.1. The number of nitrogens with one attached hydrogen (secondary N) is 1. The van der Waals surface area contributed by atoms with Crippen LogP contribution in [0.25, 0.3) is 0 Å². The molecule has 6 heteroatoms. The molecule has 3 rings (SSSR count). The zero-order valence-corrected chi connectivity index (χ0v) is 15.9. The Bertz CT molecular complexity index is 469. The zero-order valence-electron chi connectivity index (χ0n) is 15.9. The van der Waals surface area contributed by atoms with Crippen molar-refractivity contribution in [1.29, 1.82) is 0 Å². The largest absolute Gasteiger partial charge is 0.462 e. The Morgan fingerprint density at radius 2 is 2.04 bits per heavy atom. The summed E-state index contributed by atoms with van der Waals surface area (Å²) in [6.45, 7) is 8.21. The van der Waals surface area contributed by atoms with Crippen molar-refractivity contribution >= 4 is 12.1 Å². The number of ether oxygens (including phenoxy) is 2. The summed E-state index contributed by atoms with van der Waals surface area (Å²) in [6.07, 6.45) is 3.08. The molecule has 25 heavy (non-hydrogen) atoms. The Labute approximate surface area is 150 Å². The minimum atomic E-state index is -0.364. The quantitative estimate of drug-likeness (QED) is 0.761. The fourth-order valence-corrected chi connectivity index (χ4v) is 5.19. The van der Waals surface area contributed by atoms with Gasteiger partial charge in [-0.25, -0.2) is 4.79 Å². The van der Waals surface area contributed by atoms with Gasteiger partial charge in [0.25, 0.3) is 0 Å². The SMILES string of the molecule is CC.CCOC(=O)N[C@@H]1CC[C@@H]2[C@@H](C1)C[C@H]1C(=O)O[C@H](C)[C@H]1[C@H]2CO. The van der Waals surface area contributed by atoms with Gasteiger partial charge in [-0.05, 0) is 57.3 Å². The van der Waals surface area contributed by atoms with Gasteiger partial charge in [-0.2, -0.15) is 0 Å². The molecule has 0 aromatic heterocycles. The van der Waals surface area contributed by atoms with E-state index in [1.807, 2.05) is 20.8 Å². The molecule has 0 unspecified atom stereocenters. The van der Waals surface area contributed by atoms with E-state index in [0.29, 0.717) is 18.4 Å². The van der Waals surface area contributed by atoms with Crippen molar-refractivity contribution in [3.05, 3.63) is 0 Å². The lowest BCUT2D eigenvalue weighted by molar-refractivity contribution is -0.144. The highest BCUT2D eigenvalue weighted by molar-refractivity contribution is 5.75. The monoisotopic (exact) mass is 355 g/mol. The molecule has 7 atom stereocenters. The number of aliphatic hydroxyl groups is 1. The van der Waals surface area contributed by atoms with Crippen molar-refractivity contribution < 1.29 is 24.2 Å². The first kappa shape index (κ1) is 20.0. The first-order chi connectivity index (χ1) is 12.0. The van der Waals surface area contributed by atoms with E-state index in [-0.39, 0.29) is 48.6 Å². The van der Waals surface area contributed by atoms with Gasteiger partial charge >= 0.3 is 12.1 Å². The molecule has 0 aromatic rings. The summed E-state index contributed by atoms with van der Waals surface area (Å²) in [5.74, 6) is 0.835. The van der Waals surface area contributed by atoms with Gasteiger partial charge in [-0.15, -0.1) is 0 Å². The van der Waals surface area contributed by atoms with Crippen LogP contribution in [0.4, 0.5) is 4.79 Å². The molecule has 0 bridgehead atoms. The normalized spacial score (nSPS) is 39.2. The van der Waals surface area contributed by atoms with Gasteiger partial charge in [-0.3, -0.25) is 4.79 Å². The lowest BCUT2D eigenvalue weighted by Gasteiger charge is -2.47. The fraction of sp³-hybridized carbons (Fsp3) is 0.895. The number of hydrogen-bond acceptors (Lipinski definition) is 5. The van der Waals surface area contributed by atoms with Crippen molar-refractivity contribution in [1.82, 2.24) is 5.32 Å². The number of carbonyl (C=O) groups excluding carboxylic acids is 2. The molecule has 1 saturated heterocycles. The smallest absolute Gasteiger partial charge is 0.407 e. The third kappa shape index (κ3) is 4.10. The average molecular weight is 355 g/mol. The van der Waals surface area contributed by atoms with Crippen LogP contribution in [0.3, 0.4) is 0 Å². The van der Waals surface area contributed by atoms with E-state index >= 15 is 0 Å². The van der Waals surface area contributed by atoms with Crippen LogP contribution in [-0.2, 0) is 14.3 Å². The summed E-state index contributed by atoms with van der Waals surface area (Å²) in [7, 11) is 0. The molecule has 3 aliphatic rings. The number of cyclic esters (lactones) is 1. The van der Waals surface area contributed by atoms with Gasteiger partial charge in [0.2, 0.25) is 0 Å². The van der Waals surface area contributed by atoms with Crippen LogP contribution in [-0.4, -0.2) is 42.5 Å². The summed E-state index contributed by atoms with van der Waals surface area (Å²) in [6, 6.07) is 0.0982. The topological polar surface area (TPSA) is 84.9 Å². The number of aliphatic hydroxyl groups excluding tert-OH is 1. The first-order valence-electron chi connectivity index (χ1n) is 9.79. The van der Waals surface area contributed by atoms with E-state index in [1.54, 1.807) is 6.92 Å². The van der Waals surface area contributed by atoms with E-state index in [4.69, 9.17) is 9.47 Å². The highest BCUT2D eigenvalue weighted by Crippen LogP contribution is 2.52. The molecule has 0 aromatic carbocycles. The van der Waals surface area contributed by atoms with E-state index in [2.05, 4.69) is 5.32 Å². The van der Waals surface area contributed by atoms with Crippen molar-refractivity contribution in [2.75, 3.05) is 13.2 Å². The van der Waals surface area contributed by atoms with Crippen LogP contribution < -0.4 is 5.32 Å². The minimum Gasteiger partial charge on any atom is -0.462 e. The number of rotatable bonds is 3. The molecule has 0 spiro atoms. The number of amides is 1. The molecule has 0 radical (unpaired) electrons. The first-order valence-corrected chi connectivity index (χ1v) is 9.79. The van der Waals surface area contributed by atoms with E-state index in [9.17, 15) is 14.7 Å². The van der Waals surface area contributed by atoms with Crippen LogP contribution in [0, 0.1) is 29.6 Å². The van der Waals surface area contributed by atoms with E-state index in [1.165, 1.54) is 0 Å². The number of hydrogen-bond donors (Lipinski definition) is 2. The molecule has 144 valence electrons. The Morgan fingerprint density at radius 3 is 2.68 bits per heavy atom. The van der Waals surface area contributed by atoms with Crippen molar-refractivity contribution in [2.45, 2.75) is 65.5 Å². The molecule has 6 nitrogen and oxygen atoms in total. The van der Waals surface area contributed by atoms with Gasteiger partial charge in [0, 0.05) is 18.6 Å². The van der Waals surface area contributed by atoms with Crippen LogP contribution in [0.2, 0.25) is 0 Å². The highest BCUT2D eigenvalue weighted by atomic mass is 16.6. The standard InChI is InChI=1S/C17H27NO5.C2H6/c1-3-22-17(21)18-11-4-5-12-10(6-11)7-13-15(14(12)8-19)9(2)23-16(13)20;1-2/h9-15,19H,3-8H2,1-2H3,(H,18,21);1-2H3/t9-,10+,11-,12-,13-,14+,15-;/m1./s1. The fourth-order valence-electron chi connectivity index (χ4n) is 5.19. The molecule has 3 fully saturated rings. The number of carbonyl (C=O) groups is 2. The van der Waals surface area contributed by atoms with Gasteiger partial charge < -0.3 is 19.9 Å². The van der Waals surface area contributed by atoms with E-state index in [0.717, 1.165) is 25.7 Å². The summed E-state index contributed by atoms with van der Waals surface area (Å²) < 4.78 is 10.4. The van der Waals surface area contributed by atoms with Gasteiger partial charge in [-0.1, -0.05) is 13.8 Å². The molecule has 2 N–H and O–H groups in total. The molecule has 1 heterocycles. The number of fused-ring (bicyclic) bond motifs is 2. The second-order valence-electron chi connectivity index (χ2n) is 7.21. The maximum Gasteiger partial charge on any atom is 0.407 e. The highest BCUT2D eigenvalue weighted by Gasteiger charge is 2.55. The zero-order chi connectivity index (χ0) is 18.6. The summed E-state index contributed by atoms with van der Waals surface area (Å²) in [4.78, 5) is 23.7. The van der Waals surface area contributed by atoms with Gasteiger partial charge in [0.1, 0.15) is 6.10 Å². The lowest BCUT2D eigenvalue weighted by Crippen LogP contribution is -2.49. The molecule has 1 aliphatic heterocycles. The molecule has 1 amide bonds. The summed E-state index contributed by atoms with van der Waals surface area (Å²) in [5.41, 5.74) is 0. The molecular weight excluding hydrogens is 322 g/mol. The van der Waals surface area contributed by atoms with Gasteiger partial charge in [0.15, 0.2) is 0 Å². The van der Waals surface area contributed by atoms with E-state index < -0.39 is 0 Å². The Hall–Kier alpha value is -1.30. The minimum absolute atomic E-state index is 0.0928. The third-order valence-electron chi connectivity index (χ3n) is 6.06.